The van der Waals surface area contributed by atoms with E-state index in [9.17, 15) is 9.50 Å². The standard InChI is InChI=1S/C18H14Cl2FN3O/c19-14-3-1-10(6-15(14)20)17(22)18(25)16-4-2-11(8-24-16)12-5-13(21)9-23-7-12/h1-9,17-18,25H,22H2/t17-,18-/m0/s1. The quantitative estimate of drug-likeness (QED) is 0.709. The number of pyridine rings is 2. The van der Waals surface area contributed by atoms with E-state index in [1.54, 1.807) is 30.3 Å². The molecule has 0 aliphatic carbocycles. The van der Waals surface area contributed by atoms with Crippen LogP contribution in [0.1, 0.15) is 23.4 Å². The number of hydrogen-bond donors (Lipinski definition) is 2. The fourth-order valence-corrected chi connectivity index (χ4v) is 2.71. The summed E-state index contributed by atoms with van der Waals surface area (Å²) < 4.78 is 13.3. The van der Waals surface area contributed by atoms with Crippen LogP contribution in [0, 0.1) is 5.82 Å². The molecule has 25 heavy (non-hydrogen) atoms. The van der Waals surface area contributed by atoms with E-state index >= 15 is 0 Å². The van der Waals surface area contributed by atoms with E-state index in [1.165, 1.54) is 18.5 Å². The van der Waals surface area contributed by atoms with Crippen molar-refractivity contribution >= 4 is 23.2 Å². The van der Waals surface area contributed by atoms with Gasteiger partial charge in [0.1, 0.15) is 11.9 Å². The molecule has 0 radical (unpaired) electrons. The Labute approximate surface area is 154 Å². The molecule has 0 aliphatic heterocycles. The van der Waals surface area contributed by atoms with Crippen LogP contribution >= 0.6 is 23.2 Å². The molecule has 1 aromatic carbocycles. The zero-order valence-electron chi connectivity index (χ0n) is 12.9. The number of benzene rings is 1. The van der Waals surface area contributed by atoms with Crippen molar-refractivity contribution in [1.29, 1.82) is 0 Å². The molecule has 2 heterocycles. The van der Waals surface area contributed by atoms with Crippen molar-refractivity contribution in [1.82, 2.24) is 9.97 Å². The zero-order valence-corrected chi connectivity index (χ0v) is 14.4. The molecular formula is C18H14Cl2FN3O. The number of rotatable bonds is 4. The lowest BCUT2D eigenvalue weighted by atomic mass is 9.99. The fourth-order valence-electron chi connectivity index (χ4n) is 2.41. The van der Waals surface area contributed by atoms with Gasteiger partial charge in [-0.1, -0.05) is 35.3 Å². The molecule has 0 fully saturated rings. The molecule has 128 valence electrons. The normalized spacial score (nSPS) is 13.5. The number of nitrogens with two attached hydrogens (primary N) is 1. The Kier molecular flexibility index (Phi) is 5.30. The summed E-state index contributed by atoms with van der Waals surface area (Å²) in [5.41, 5.74) is 8.43. The van der Waals surface area contributed by atoms with Crippen LogP contribution in [0.15, 0.2) is 55.0 Å². The summed E-state index contributed by atoms with van der Waals surface area (Å²) in [6, 6.07) is 8.95. The van der Waals surface area contributed by atoms with Crippen LogP contribution in [0.2, 0.25) is 10.0 Å². The summed E-state index contributed by atoms with van der Waals surface area (Å²) in [6.45, 7) is 0. The third kappa shape index (κ3) is 3.96. The third-order valence-corrected chi connectivity index (χ3v) is 4.54. The van der Waals surface area contributed by atoms with E-state index < -0.39 is 18.0 Å². The van der Waals surface area contributed by atoms with Gasteiger partial charge >= 0.3 is 0 Å². The van der Waals surface area contributed by atoms with Crippen molar-refractivity contribution in [3.8, 4) is 11.1 Å². The first kappa shape index (κ1) is 17.8. The van der Waals surface area contributed by atoms with Gasteiger partial charge in [0.15, 0.2) is 0 Å². The van der Waals surface area contributed by atoms with Crippen LogP contribution in [0.25, 0.3) is 11.1 Å². The molecule has 3 N–H and O–H groups in total. The molecule has 2 atom stereocenters. The number of halogens is 3. The van der Waals surface area contributed by atoms with Gasteiger partial charge in [0.25, 0.3) is 0 Å². The van der Waals surface area contributed by atoms with Crippen LogP contribution in [0.3, 0.4) is 0 Å². The van der Waals surface area contributed by atoms with E-state index in [0.717, 1.165) is 6.20 Å². The Balaban J connectivity index is 1.82. The van der Waals surface area contributed by atoms with Crippen molar-refractivity contribution in [3.05, 3.63) is 82.1 Å². The summed E-state index contributed by atoms with van der Waals surface area (Å²) in [7, 11) is 0. The first-order chi connectivity index (χ1) is 12.0. The monoisotopic (exact) mass is 377 g/mol. The lowest BCUT2D eigenvalue weighted by molar-refractivity contribution is 0.142. The minimum Gasteiger partial charge on any atom is -0.385 e. The minimum atomic E-state index is -1.03. The van der Waals surface area contributed by atoms with Crippen LogP contribution in [0.5, 0.6) is 0 Å². The highest BCUT2D eigenvalue weighted by atomic mass is 35.5. The van der Waals surface area contributed by atoms with E-state index in [2.05, 4.69) is 9.97 Å². The number of aliphatic hydroxyl groups is 1. The molecule has 2 aromatic heterocycles. The van der Waals surface area contributed by atoms with Crippen LogP contribution in [0.4, 0.5) is 4.39 Å². The summed E-state index contributed by atoms with van der Waals surface area (Å²) in [5.74, 6) is -0.428. The van der Waals surface area contributed by atoms with Gasteiger partial charge in [0.05, 0.1) is 28.0 Å². The maximum Gasteiger partial charge on any atom is 0.142 e. The molecule has 0 saturated carbocycles. The van der Waals surface area contributed by atoms with Crippen molar-refractivity contribution in [2.24, 2.45) is 5.73 Å². The predicted octanol–water partition coefficient (Wildman–Crippen LogP) is 4.32. The molecule has 0 amide bonds. The maximum absolute atomic E-state index is 13.3. The Hall–Kier alpha value is -2.05. The number of hydrogen-bond acceptors (Lipinski definition) is 4. The molecular weight excluding hydrogens is 364 g/mol. The van der Waals surface area contributed by atoms with Gasteiger partial charge in [-0.05, 0) is 29.8 Å². The van der Waals surface area contributed by atoms with Gasteiger partial charge in [-0.25, -0.2) is 4.39 Å². The van der Waals surface area contributed by atoms with E-state index in [1.807, 2.05) is 0 Å². The summed E-state index contributed by atoms with van der Waals surface area (Å²) >= 11 is 11.9. The highest BCUT2D eigenvalue weighted by molar-refractivity contribution is 6.42. The lowest BCUT2D eigenvalue weighted by Crippen LogP contribution is -2.20. The number of aromatic nitrogens is 2. The molecule has 0 saturated heterocycles. The van der Waals surface area contributed by atoms with E-state index in [4.69, 9.17) is 28.9 Å². The average molecular weight is 378 g/mol. The van der Waals surface area contributed by atoms with Crippen molar-refractivity contribution in [3.63, 3.8) is 0 Å². The Bertz CT molecular complexity index is 890. The third-order valence-electron chi connectivity index (χ3n) is 3.80. The Morgan fingerprint density at radius 3 is 2.40 bits per heavy atom. The van der Waals surface area contributed by atoms with E-state index in [-0.39, 0.29) is 0 Å². The van der Waals surface area contributed by atoms with Gasteiger partial charge in [0.2, 0.25) is 0 Å². The van der Waals surface area contributed by atoms with Gasteiger partial charge in [-0.15, -0.1) is 0 Å². The molecule has 0 aliphatic rings. The van der Waals surface area contributed by atoms with Crippen LogP contribution < -0.4 is 5.73 Å². The molecule has 0 bridgehead atoms. The largest absolute Gasteiger partial charge is 0.385 e. The zero-order chi connectivity index (χ0) is 18.0. The first-order valence-electron chi connectivity index (χ1n) is 7.41. The van der Waals surface area contributed by atoms with Gasteiger partial charge < -0.3 is 10.8 Å². The second-order valence-corrected chi connectivity index (χ2v) is 6.32. The minimum absolute atomic E-state index is 0.365. The second-order valence-electron chi connectivity index (χ2n) is 5.51. The highest BCUT2D eigenvalue weighted by Gasteiger charge is 2.21. The SMILES string of the molecule is N[C@@H](c1ccc(Cl)c(Cl)c1)[C@@H](O)c1ccc(-c2cncc(F)c2)cn1. The van der Waals surface area contributed by atoms with Crippen molar-refractivity contribution < 1.29 is 9.50 Å². The van der Waals surface area contributed by atoms with E-state index in [0.29, 0.717) is 32.4 Å². The first-order valence-corrected chi connectivity index (χ1v) is 8.17. The predicted molar refractivity (Wildman–Crippen MR) is 95.8 cm³/mol. The summed E-state index contributed by atoms with van der Waals surface area (Å²) in [5, 5.41) is 11.3. The van der Waals surface area contributed by atoms with Crippen LogP contribution in [-0.2, 0) is 0 Å². The Morgan fingerprint density at radius 2 is 1.76 bits per heavy atom. The highest BCUT2D eigenvalue weighted by Crippen LogP contribution is 2.31. The molecule has 0 spiro atoms. The summed E-state index contributed by atoms with van der Waals surface area (Å²) in [6.07, 6.45) is 3.18. The number of nitrogens with zero attached hydrogens (tertiary/aromatic N) is 2. The molecule has 3 rings (SSSR count). The fraction of sp³-hybridized carbons (Fsp3) is 0.111. The molecule has 3 aromatic rings. The average Bonchev–Trinajstić information content (AvgIpc) is 2.63. The smallest absolute Gasteiger partial charge is 0.142 e. The van der Waals surface area contributed by atoms with Gasteiger partial charge in [-0.2, -0.15) is 0 Å². The van der Waals surface area contributed by atoms with Crippen LogP contribution in [-0.4, -0.2) is 15.1 Å². The summed E-state index contributed by atoms with van der Waals surface area (Å²) in [4.78, 5) is 8.04. The molecule has 7 heteroatoms. The van der Waals surface area contributed by atoms with Crippen molar-refractivity contribution in [2.75, 3.05) is 0 Å². The second kappa shape index (κ2) is 7.45. The van der Waals surface area contributed by atoms with Gasteiger partial charge in [0, 0.05) is 23.5 Å². The Morgan fingerprint density at radius 1 is 0.960 bits per heavy atom. The van der Waals surface area contributed by atoms with Gasteiger partial charge in [-0.3, -0.25) is 9.97 Å². The maximum atomic E-state index is 13.3. The number of aliphatic hydroxyl groups excluding tert-OH is 1. The lowest BCUT2D eigenvalue weighted by Gasteiger charge is -2.19. The topological polar surface area (TPSA) is 72.0 Å². The molecule has 4 nitrogen and oxygen atoms in total. The van der Waals surface area contributed by atoms with Crippen molar-refractivity contribution in [2.45, 2.75) is 12.1 Å². The molecule has 0 unspecified atom stereocenters.